The quantitative estimate of drug-likeness (QED) is 0.508. The molecule has 3 aromatic carbocycles. The molecule has 8 heteroatoms. The summed E-state index contributed by atoms with van der Waals surface area (Å²) >= 11 is 0. The van der Waals surface area contributed by atoms with Crippen LogP contribution in [0.5, 0.6) is 0 Å². The van der Waals surface area contributed by atoms with Crippen molar-refractivity contribution in [2.75, 3.05) is 15.4 Å². The van der Waals surface area contributed by atoms with Crippen LogP contribution in [0.15, 0.2) is 65.6 Å². The van der Waals surface area contributed by atoms with Crippen molar-refractivity contribution in [1.82, 2.24) is 0 Å². The second-order valence-electron chi connectivity index (χ2n) is 7.62. The van der Waals surface area contributed by atoms with Gasteiger partial charge in [0, 0.05) is 23.9 Å². The van der Waals surface area contributed by atoms with E-state index in [9.17, 15) is 18.0 Å². The zero-order valence-corrected chi connectivity index (χ0v) is 19.1. The van der Waals surface area contributed by atoms with E-state index < -0.39 is 15.9 Å². The van der Waals surface area contributed by atoms with E-state index >= 15 is 0 Å². The molecule has 0 aliphatic carbocycles. The number of benzene rings is 3. The Kier molecular flexibility index (Phi) is 6.64. The summed E-state index contributed by atoms with van der Waals surface area (Å²) in [4.78, 5) is 23.9. The maximum Gasteiger partial charge on any atom is 0.262 e. The first-order valence-corrected chi connectivity index (χ1v) is 11.4. The minimum absolute atomic E-state index is 0.0343. The SMILES string of the molecule is CC(=O)Nc1ccc(NC(=O)c2ccc(C)c(S(=O)(=O)Nc3cc(C)ccc3C)c2)cc1. The summed E-state index contributed by atoms with van der Waals surface area (Å²) in [6.45, 7) is 6.80. The van der Waals surface area contributed by atoms with Crippen LogP contribution < -0.4 is 15.4 Å². The first-order chi connectivity index (χ1) is 15.0. The van der Waals surface area contributed by atoms with Gasteiger partial charge in [-0.1, -0.05) is 18.2 Å². The Balaban J connectivity index is 1.83. The molecule has 0 heterocycles. The van der Waals surface area contributed by atoms with Crippen LogP contribution in [-0.4, -0.2) is 20.2 Å². The molecular weight excluding hydrogens is 426 g/mol. The van der Waals surface area contributed by atoms with Crippen molar-refractivity contribution >= 4 is 38.9 Å². The first-order valence-electron chi connectivity index (χ1n) is 9.95. The molecule has 2 amide bonds. The van der Waals surface area contributed by atoms with Gasteiger partial charge in [0.25, 0.3) is 15.9 Å². The number of carbonyl (C=O) groups excluding carboxylic acids is 2. The normalized spacial score (nSPS) is 11.0. The number of hydrogen-bond acceptors (Lipinski definition) is 4. The van der Waals surface area contributed by atoms with Gasteiger partial charge in [-0.3, -0.25) is 14.3 Å². The van der Waals surface area contributed by atoms with Crippen LogP contribution >= 0.6 is 0 Å². The molecule has 0 saturated heterocycles. The number of aryl methyl sites for hydroxylation is 3. The lowest BCUT2D eigenvalue weighted by Crippen LogP contribution is -2.17. The summed E-state index contributed by atoms with van der Waals surface area (Å²) in [7, 11) is -3.90. The van der Waals surface area contributed by atoms with Crippen LogP contribution in [0.2, 0.25) is 0 Å². The number of sulfonamides is 1. The average molecular weight is 452 g/mol. The molecule has 0 unspecified atom stereocenters. The van der Waals surface area contributed by atoms with E-state index in [1.807, 2.05) is 26.0 Å². The van der Waals surface area contributed by atoms with Gasteiger partial charge in [0.15, 0.2) is 0 Å². The van der Waals surface area contributed by atoms with Gasteiger partial charge in [0.05, 0.1) is 10.6 Å². The summed E-state index contributed by atoms with van der Waals surface area (Å²) in [5.74, 6) is -0.634. The molecule has 3 aromatic rings. The van der Waals surface area contributed by atoms with E-state index in [-0.39, 0.29) is 16.4 Å². The third-order valence-corrected chi connectivity index (χ3v) is 6.35. The Labute approximate surface area is 187 Å². The van der Waals surface area contributed by atoms with Gasteiger partial charge in [-0.2, -0.15) is 0 Å². The van der Waals surface area contributed by atoms with Crippen LogP contribution in [0.25, 0.3) is 0 Å². The van der Waals surface area contributed by atoms with Crippen LogP contribution in [0, 0.1) is 20.8 Å². The van der Waals surface area contributed by atoms with Crippen LogP contribution in [0.3, 0.4) is 0 Å². The standard InChI is InChI=1S/C24H25N3O4S/c1-15-5-6-16(2)22(13-15)27-32(30,31)23-14-19(8-7-17(23)3)24(29)26-21-11-9-20(10-12-21)25-18(4)28/h5-14,27H,1-4H3,(H,25,28)(H,26,29). The summed E-state index contributed by atoms with van der Waals surface area (Å²) in [5.41, 5.74) is 4.09. The molecule has 0 spiro atoms. The average Bonchev–Trinajstić information content (AvgIpc) is 2.71. The fourth-order valence-corrected chi connectivity index (χ4v) is 4.51. The lowest BCUT2D eigenvalue weighted by Gasteiger charge is -2.14. The molecule has 0 fully saturated rings. The second kappa shape index (κ2) is 9.23. The number of carbonyl (C=O) groups is 2. The molecule has 7 nitrogen and oxygen atoms in total. The smallest absolute Gasteiger partial charge is 0.262 e. The Bertz CT molecular complexity index is 1280. The lowest BCUT2D eigenvalue weighted by molar-refractivity contribution is -0.114. The molecule has 32 heavy (non-hydrogen) atoms. The number of hydrogen-bond donors (Lipinski definition) is 3. The minimum Gasteiger partial charge on any atom is -0.326 e. The second-order valence-corrected chi connectivity index (χ2v) is 9.27. The van der Waals surface area contributed by atoms with Crippen molar-refractivity contribution in [2.24, 2.45) is 0 Å². The number of anilines is 3. The van der Waals surface area contributed by atoms with Gasteiger partial charge < -0.3 is 10.6 Å². The first kappa shape index (κ1) is 23.0. The Morgan fingerprint density at radius 3 is 1.97 bits per heavy atom. The molecular formula is C24H25N3O4S. The van der Waals surface area contributed by atoms with Crippen molar-refractivity contribution in [3.8, 4) is 0 Å². The Hall–Kier alpha value is -3.65. The number of rotatable bonds is 6. The van der Waals surface area contributed by atoms with E-state index in [1.165, 1.54) is 13.0 Å². The third-order valence-electron chi connectivity index (χ3n) is 4.84. The van der Waals surface area contributed by atoms with Crippen LogP contribution in [0.4, 0.5) is 17.1 Å². The summed E-state index contributed by atoms with van der Waals surface area (Å²) in [6, 6.07) is 16.7. The topological polar surface area (TPSA) is 104 Å². The van der Waals surface area contributed by atoms with Gasteiger partial charge in [-0.25, -0.2) is 8.42 Å². The van der Waals surface area contributed by atoms with E-state index in [2.05, 4.69) is 15.4 Å². The van der Waals surface area contributed by atoms with Crippen molar-refractivity contribution in [3.63, 3.8) is 0 Å². The zero-order chi connectivity index (χ0) is 23.5. The lowest BCUT2D eigenvalue weighted by atomic mass is 10.1. The van der Waals surface area contributed by atoms with Crippen LogP contribution in [0.1, 0.15) is 34.0 Å². The van der Waals surface area contributed by atoms with Gasteiger partial charge in [0.1, 0.15) is 0 Å². The van der Waals surface area contributed by atoms with Gasteiger partial charge in [-0.05, 0) is 79.9 Å². The Morgan fingerprint density at radius 1 is 0.750 bits per heavy atom. The highest BCUT2D eigenvalue weighted by molar-refractivity contribution is 7.92. The fourth-order valence-electron chi connectivity index (χ4n) is 3.12. The van der Waals surface area contributed by atoms with Crippen molar-refractivity contribution < 1.29 is 18.0 Å². The number of nitrogens with one attached hydrogen (secondary N) is 3. The molecule has 0 atom stereocenters. The molecule has 0 aliphatic heterocycles. The van der Waals surface area contributed by atoms with Crippen molar-refractivity contribution in [1.29, 1.82) is 0 Å². The zero-order valence-electron chi connectivity index (χ0n) is 18.3. The van der Waals surface area contributed by atoms with E-state index in [0.717, 1.165) is 11.1 Å². The highest BCUT2D eigenvalue weighted by atomic mass is 32.2. The highest BCUT2D eigenvalue weighted by Gasteiger charge is 2.20. The predicted molar refractivity (Wildman–Crippen MR) is 127 cm³/mol. The van der Waals surface area contributed by atoms with E-state index in [1.54, 1.807) is 49.4 Å². The molecule has 166 valence electrons. The molecule has 0 saturated carbocycles. The monoisotopic (exact) mass is 451 g/mol. The summed E-state index contributed by atoms with van der Waals surface area (Å²) < 4.78 is 28.8. The van der Waals surface area contributed by atoms with Crippen LogP contribution in [-0.2, 0) is 14.8 Å². The largest absolute Gasteiger partial charge is 0.326 e. The summed E-state index contributed by atoms with van der Waals surface area (Å²) in [5, 5.41) is 5.39. The molecule has 0 aliphatic rings. The molecule has 3 N–H and O–H groups in total. The van der Waals surface area contributed by atoms with Gasteiger partial charge >= 0.3 is 0 Å². The van der Waals surface area contributed by atoms with Crippen molar-refractivity contribution in [3.05, 3.63) is 82.9 Å². The fraction of sp³-hybridized carbons (Fsp3) is 0.167. The van der Waals surface area contributed by atoms with Crippen molar-refractivity contribution in [2.45, 2.75) is 32.6 Å². The third kappa shape index (κ3) is 5.53. The molecule has 3 rings (SSSR count). The Morgan fingerprint density at radius 2 is 1.34 bits per heavy atom. The minimum atomic E-state index is -3.90. The maximum absolute atomic E-state index is 13.1. The maximum atomic E-state index is 13.1. The van der Waals surface area contributed by atoms with E-state index in [4.69, 9.17) is 0 Å². The summed E-state index contributed by atoms with van der Waals surface area (Å²) in [6.07, 6.45) is 0. The van der Waals surface area contributed by atoms with E-state index in [0.29, 0.717) is 22.6 Å². The van der Waals surface area contributed by atoms with Gasteiger partial charge in [-0.15, -0.1) is 0 Å². The highest BCUT2D eigenvalue weighted by Crippen LogP contribution is 2.24. The molecule has 0 aromatic heterocycles. The van der Waals surface area contributed by atoms with Gasteiger partial charge in [0.2, 0.25) is 5.91 Å². The number of amides is 2. The molecule has 0 radical (unpaired) electrons. The predicted octanol–water partition coefficient (Wildman–Crippen LogP) is 4.62. The molecule has 0 bridgehead atoms.